The predicted octanol–water partition coefficient (Wildman–Crippen LogP) is 6.28. The number of allylic oxidation sites excluding steroid dienone is 1. The Bertz CT molecular complexity index is 1300. The SMILES string of the molecule is CCOc1ccccc1/C=C1\Oc2cc(OCc3c(F)c(F)c(F)c(F)c3F)cc(C)c2C1=O. The number of carbonyl (C=O) groups excluding carboxylic acids is 1. The summed E-state index contributed by atoms with van der Waals surface area (Å²) in [5.74, 6) is -9.94. The van der Waals surface area contributed by atoms with Crippen molar-refractivity contribution in [3.8, 4) is 17.2 Å². The molecule has 0 aromatic heterocycles. The van der Waals surface area contributed by atoms with E-state index in [1.165, 1.54) is 18.2 Å². The van der Waals surface area contributed by atoms with Crippen LogP contribution >= 0.6 is 0 Å². The van der Waals surface area contributed by atoms with Crippen LogP contribution in [0.5, 0.6) is 17.2 Å². The number of fused-ring (bicyclic) bond motifs is 1. The Labute approximate surface area is 191 Å². The molecule has 1 aliphatic heterocycles. The number of Topliss-reactive ketones (excluding diaryl/α,β-unsaturated/α-hetero) is 1. The van der Waals surface area contributed by atoms with E-state index in [4.69, 9.17) is 14.2 Å². The van der Waals surface area contributed by atoms with Gasteiger partial charge in [-0.15, -0.1) is 0 Å². The maximum Gasteiger partial charge on any atom is 0.232 e. The van der Waals surface area contributed by atoms with E-state index >= 15 is 0 Å². The number of rotatable bonds is 6. The largest absolute Gasteiger partial charge is 0.493 e. The molecule has 1 heterocycles. The molecule has 4 rings (SSSR count). The lowest BCUT2D eigenvalue weighted by atomic mass is 10.0. The second kappa shape index (κ2) is 9.17. The lowest BCUT2D eigenvalue weighted by Crippen LogP contribution is -2.10. The molecule has 0 radical (unpaired) electrons. The standard InChI is InChI=1S/C25H17F5O4/c1-3-32-16-7-5-4-6-13(16)9-18-25(31)19-12(2)8-14(10-17(19)34-18)33-11-15-20(26)22(28)24(30)23(29)21(15)27/h4-10H,3,11H2,1-2H3/b18-9-. The van der Waals surface area contributed by atoms with Gasteiger partial charge in [0, 0.05) is 11.6 Å². The van der Waals surface area contributed by atoms with Crippen LogP contribution in [-0.2, 0) is 6.61 Å². The summed E-state index contributed by atoms with van der Waals surface area (Å²) in [7, 11) is 0. The summed E-state index contributed by atoms with van der Waals surface area (Å²) in [6.07, 6.45) is 1.53. The molecule has 0 amide bonds. The Morgan fingerprint density at radius 3 is 2.24 bits per heavy atom. The van der Waals surface area contributed by atoms with Crippen molar-refractivity contribution in [2.45, 2.75) is 20.5 Å². The summed E-state index contributed by atoms with van der Waals surface area (Å²) in [5, 5.41) is 0. The number of hydrogen-bond donors (Lipinski definition) is 0. The van der Waals surface area contributed by atoms with Gasteiger partial charge >= 0.3 is 0 Å². The molecule has 34 heavy (non-hydrogen) atoms. The van der Waals surface area contributed by atoms with E-state index in [0.29, 0.717) is 23.5 Å². The molecule has 0 atom stereocenters. The number of benzene rings is 3. The topological polar surface area (TPSA) is 44.8 Å². The number of ether oxygens (including phenoxy) is 3. The van der Waals surface area contributed by atoms with Crippen LogP contribution in [0.1, 0.15) is 34.0 Å². The van der Waals surface area contributed by atoms with E-state index in [1.807, 2.05) is 6.92 Å². The highest BCUT2D eigenvalue weighted by Gasteiger charge is 2.31. The van der Waals surface area contributed by atoms with Gasteiger partial charge < -0.3 is 14.2 Å². The fraction of sp³-hybridized carbons (Fsp3) is 0.160. The Hall–Kier alpha value is -3.88. The summed E-state index contributed by atoms with van der Waals surface area (Å²) in [5.41, 5.74) is 0.223. The minimum atomic E-state index is -2.25. The number of halogens is 5. The van der Waals surface area contributed by atoms with E-state index in [0.717, 1.165) is 0 Å². The van der Waals surface area contributed by atoms with Gasteiger partial charge in [0.1, 0.15) is 23.9 Å². The lowest BCUT2D eigenvalue weighted by molar-refractivity contribution is 0.101. The van der Waals surface area contributed by atoms with Gasteiger partial charge in [-0.3, -0.25) is 4.79 Å². The van der Waals surface area contributed by atoms with Crippen LogP contribution in [0.15, 0.2) is 42.2 Å². The minimum absolute atomic E-state index is 0.0176. The highest BCUT2D eigenvalue weighted by Crippen LogP contribution is 2.38. The number of carbonyl (C=O) groups is 1. The minimum Gasteiger partial charge on any atom is -0.493 e. The predicted molar refractivity (Wildman–Crippen MR) is 112 cm³/mol. The Morgan fingerprint density at radius 1 is 0.912 bits per heavy atom. The quantitative estimate of drug-likeness (QED) is 0.182. The van der Waals surface area contributed by atoms with E-state index in [1.54, 1.807) is 31.2 Å². The fourth-order valence-corrected chi connectivity index (χ4v) is 3.52. The highest BCUT2D eigenvalue weighted by molar-refractivity contribution is 6.15. The van der Waals surface area contributed by atoms with E-state index < -0.39 is 41.3 Å². The third-order valence-electron chi connectivity index (χ3n) is 5.13. The molecular weight excluding hydrogens is 459 g/mol. The van der Waals surface area contributed by atoms with Crippen molar-refractivity contribution >= 4 is 11.9 Å². The van der Waals surface area contributed by atoms with Crippen LogP contribution in [0, 0.1) is 36.0 Å². The average Bonchev–Trinajstić information content (AvgIpc) is 3.13. The summed E-state index contributed by atoms with van der Waals surface area (Å²) < 4.78 is 84.4. The van der Waals surface area contributed by atoms with Crippen LogP contribution < -0.4 is 14.2 Å². The molecule has 0 unspecified atom stereocenters. The van der Waals surface area contributed by atoms with Crippen molar-refractivity contribution in [3.05, 3.63) is 93.5 Å². The van der Waals surface area contributed by atoms with Gasteiger partial charge in [0.2, 0.25) is 11.6 Å². The van der Waals surface area contributed by atoms with Crippen LogP contribution in [0.3, 0.4) is 0 Å². The first-order valence-electron chi connectivity index (χ1n) is 10.2. The van der Waals surface area contributed by atoms with Gasteiger partial charge in [-0.25, -0.2) is 22.0 Å². The van der Waals surface area contributed by atoms with Gasteiger partial charge in [0.05, 0.1) is 17.7 Å². The van der Waals surface area contributed by atoms with E-state index in [9.17, 15) is 26.7 Å². The summed E-state index contributed by atoms with van der Waals surface area (Å²) in [6.45, 7) is 2.93. The van der Waals surface area contributed by atoms with Crippen LogP contribution in [0.2, 0.25) is 0 Å². The van der Waals surface area contributed by atoms with Gasteiger partial charge in [-0.05, 0) is 37.6 Å². The smallest absolute Gasteiger partial charge is 0.232 e. The first-order valence-corrected chi connectivity index (χ1v) is 10.2. The van der Waals surface area contributed by atoms with Crippen molar-refractivity contribution in [3.63, 3.8) is 0 Å². The first-order chi connectivity index (χ1) is 16.2. The van der Waals surface area contributed by atoms with Crippen molar-refractivity contribution in [2.75, 3.05) is 6.61 Å². The van der Waals surface area contributed by atoms with Gasteiger partial charge in [0.25, 0.3) is 0 Å². The maximum atomic E-state index is 13.9. The first kappa shape index (κ1) is 23.3. The third kappa shape index (κ3) is 4.09. The molecule has 1 aliphatic rings. The number of ketones is 1. The van der Waals surface area contributed by atoms with Crippen LogP contribution in [-0.4, -0.2) is 12.4 Å². The molecule has 0 bridgehead atoms. The summed E-state index contributed by atoms with van der Waals surface area (Å²) >= 11 is 0. The molecule has 0 spiro atoms. The molecule has 0 N–H and O–H groups in total. The molecule has 0 fully saturated rings. The molecule has 0 saturated heterocycles. The normalized spacial score (nSPS) is 13.7. The molecule has 9 heteroatoms. The van der Waals surface area contributed by atoms with Crippen molar-refractivity contribution in [1.82, 2.24) is 0 Å². The Morgan fingerprint density at radius 2 is 1.56 bits per heavy atom. The van der Waals surface area contributed by atoms with E-state index in [-0.39, 0.29) is 28.6 Å². The molecule has 3 aromatic rings. The van der Waals surface area contributed by atoms with Gasteiger partial charge in [-0.1, -0.05) is 18.2 Å². The number of aryl methyl sites for hydroxylation is 1. The maximum absolute atomic E-state index is 13.9. The van der Waals surface area contributed by atoms with Crippen LogP contribution in [0.4, 0.5) is 22.0 Å². The molecular formula is C25H17F5O4. The monoisotopic (exact) mass is 476 g/mol. The van der Waals surface area contributed by atoms with Crippen LogP contribution in [0.25, 0.3) is 6.08 Å². The molecule has 3 aromatic carbocycles. The van der Waals surface area contributed by atoms with E-state index in [2.05, 4.69) is 0 Å². The van der Waals surface area contributed by atoms with Gasteiger partial charge in [-0.2, -0.15) is 0 Å². The van der Waals surface area contributed by atoms with Crippen molar-refractivity contribution < 1.29 is 41.0 Å². The van der Waals surface area contributed by atoms with Crippen molar-refractivity contribution in [2.24, 2.45) is 0 Å². The number of hydrogen-bond acceptors (Lipinski definition) is 4. The lowest BCUT2D eigenvalue weighted by Gasteiger charge is -2.11. The average molecular weight is 476 g/mol. The molecule has 0 aliphatic carbocycles. The Kier molecular flexibility index (Phi) is 6.28. The zero-order chi connectivity index (χ0) is 24.6. The molecule has 4 nitrogen and oxygen atoms in total. The second-order valence-corrected chi connectivity index (χ2v) is 7.36. The Balaban J connectivity index is 1.61. The second-order valence-electron chi connectivity index (χ2n) is 7.36. The molecule has 0 saturated carbocycles. The summed E-state index contributed by atoms with van der Waals surface area (Å²) in [6, 6.07) is 9.78. The third-order valence-corrected chi connectivity index (χ3v) is 5.13. The zero-order valence-corrected chi connectivity index (χ0v) is 18.0. The van der Waals surface area contributed by atoms with Crippen molar-refractivity contribution in [1.29, 1.82) is 0 Å². The zero-order valence-electron chi connectivity index (χ0n) is 18.0. The highest BCUT2D eigenvalue weighted by atomic mass is 19.2. The fourth-order valence-electron chi connectivity index (χ4n) is 3.52. The summed E-state index contributed by atoms with van der Waals surface area (Å²) in [4.78, 5) is 12.9. The van der Waals surface area contributed by atoms with Gasteiger partial charge in [0.15, 0.2) is 29.0 Å². The molecule has 176 valence electrons. The number of para-hydroxylation sites is 1.